The van der Waals surface area contributed by atoms with Gasteiger partial charge in [0.1, 0.15) is 0 Å². The molecule has 0 saturated carbocycles. The van der Waals surface area contributed by atoms with Crippen LogP contribution in [0.4, 0.5) is 13.2 Å². The summed E-state index contributed by atoms with van der Waals surface area (Å²) in [5, 5.41) is 4.03. The minimum Gasteiger partial charge on any atom is -0.237 e. The average molecular weight is 242 g/mol. The molecule has 2 nitrogen and oxygen atoms in total. The summed E-state index contributed by atoms with van der Waals surface area (Å²) < 4.78 is 39.5. The summed E-state index contributed by atoms with van der Waals surface area (Å²) in [4.78, 5) is 0. The van der Waals surface area contributed by atoms with Gasteiger partial charge in [-0.3, -0.25) is 0 Å². The molecule has 0 saturated heterocycles. The van der Waals surface area contributed by atoms with Gasteiger partial charge in [0.2, 0.25) is 0 Å². The number of halogens is 3. The highest BCUT2D eigenvalue weighted by Gasteiger charge is 2.33. The van der Waals surface area contributed by atoms with Gasteiger partial charge in [0.25, 0.3) is 0 Å². The molecular weight excluding hydrogens is 229 g/mol. The molecule has 17 heavy (non-hydrogen) atoms. The van der Waals surface area contributed by atoms with E-state index in [0.29, 0.717) is 0 Å². The van der Waals surface area contributed by atoms with Gasteiger partial charge in [-0.25, -0.2) is 4.52 Å². The second kappa shape index (κ2) is 3.75. The second-order valence-electron chi connectivity index (χ2n) is 4.38. The molecule has 2 aromatic rings. The number of aromatic nitrogens is 2. The summed E-state index contributed by atoms with van der Waals surface area (Å²) in [5.74, 6) is 0.239. The molecule has 2 rings (SSSR count). The lowest BCUT2D eigenvalue weighted by Crippen LogP contribution is -2.11. The second-order valence-corrected chi connectivity index (χ2v) is 4.38. The molecule has 2 aromatic heterocycles. The van der Waals surface area contributed by atoms with Crippen LogP contribution in [-0.4, -0.2) is 9.61 Å². The van der Waals surface area contributed by atoms with Gasteiger partial charge in [0.05, 0.1) is 23.0 Å². The maximum atomic E-state index is 12.7. The quantitative estimate of drug-likeness (QED) is 0.743. The van der Waals surface area contributed by atoms with Crippen LogP contribution < -0.4 is 0 Å². The highest BCUT2D eigenvalue weighted by atomic mass is 19.4. The fourth-order valence-corrected chi connectivity index (χ4v) is 1.95. The van der Waals surface area contributed by atoms with E-state index < -0.39 is 11.7 Å². The van der Waals surface area contributed by atoms with Gasteiger partial charge in [-0.05, 0) is 25.0 Å². The van der Waals surface area contributed by atoms with Crippen molar-refractivity contribution in [1.82, 2.24) is 9.61 Å². The monoisotopic (exact) mass is 242 g/mol. The highest BCUT2D eigenvalue weighted by molar-refractivity contribution is 5.57. The maximum Gasteiger partial charge on any atom is 0.418 e. The summed E-state index contributed by atoms with van der Waals surface area (Å²) in [6, 6.07) is 2.61. The third-order valence-electron chi connectivity index (χ3n) is 2.88. The standard InChI is InChI=1S/C12H13F3N2/c1-7(2)9-6-16-17-8(3)10(12(13,14)15)4-5-11(9)17/h4-7H,1-3H3. The Bertz CT molecular complexity index is 553. The topological polar surface area (TPSA) is 17.3 Å². The Hall–Kier alpha value is -1.52. The molecule has 92 valence electrons. The summed E-state index contributed by atoms with van der Waals surface area (Å²) in [7, 11) is 0. The number of hydrogen-bond acceptors (Lipinski definition) is 1. The Labute approximate surface area is 97.1 Å². The van der Waals surface area contributed by atoms with Crippen LogP contribution in [0, 0.1) is 6.92 Å². The zero-order chi connectivity index (χ0) is 12.8. The number of alkyl halides is 3. The van der Waals surface area contributed by atoms with Crippen LogP contribution in [0.15, 0.2) is 18.3 Å². The van der Waals surface area contributed by atoms with E-state index in [4.69, 9.17) is 0 Å². The molecule has 0 bridgehead atoms. The molecule has 0 radical (unpaired) electrons. The van der Waals surface area contributed by atoms with Crippen molar-refractivity contribution in [3.05, 3.63) is 35.2 Å². The lowest BCUT2D eigenvalue weighted by molar-refractivity contribution is -0.138. The summed E-state index contributed by atoms with van der Waals surface area (Å²) >= 11 is 0. The summed E-state index contributed by atoms with van der Waals surface area (Å²) in [5.41, 5.74) is 1.19. The van der Waals surface area contributed by atoms with Gasteiger partial charge in [-0.2, -0.15) is 18.3 Å². The Kier molecular flexibility index (Phi) is 2.64. The Morgan fingerprint density at radius 3 is 2.41 bits per heavy atom. The predicted octanol–water partition coefficient (Wildman–Crippen LogP) is 3.78. The van der Waals surface area contributed by atoms with Gasteiger partial charge in [-0.15, -0.1) is 0 Å². The van der Waals surface area contributed by atoms with E-state index in [1.165, 1.54) is 17.5 Å². The van der Waals surface area contributed by atoms with Crippen LogP contribution in [0.25, 0.3) is 5.52 Å². The summed E-state index contributed by atoms with van der Waals surface area (Å²) in [6.07, 6.45) is -2.70. The van der Waals surface area contributed by atoms with Crippen molar-refractivity contribution in [2.45, 2.75) is 32.9 Å². The zero-order valence-electron chi connectivity index (χ0n) is 9.84. The number of hydrogen-bond donors (Lipinski definition) is 0. The van der Waals surface area contributed by atoms with E-state index in [2.05, 4.69) is 5.10 Å². The van der Waals surface area contributed by atoms with E-state index >= 15 is 0 Å². The number of rotatable bonds is 1. The fraction of sp³-hybridized carbons (Fsp3) is 0.417. The molecule has 5 heteroatoms. The van der Waals surface area contributed by atoms with Crippen molar-refractivity contribution in [2.24, 2.45) is 0 Å². The lowest BCUT2D eigenvalue weighted by atomic mass is 10.0. The normalized spacial score (nSPS) is 12.6. The largest absolute Gasteiger partial charge is 0.418 e. The smallest absolute Gasteiger partial charge is 0.237 e. The first-order valence-electron chi connectivity index (χ1n) is 5.37. The first-order valence-corrected chi connectivity index (χ1v) is 5.37. The predicted molar refractivity (Wildman–Crippen MR) is 59.0 cm³/mol. The van der Waals surface area contributed by atoms with Crippen LogP contribution >= 0.6 is 0 Å². The van der Waals surface area contributed by atoms with Crippen molar-refractivity contribution >= 4 is 5.52 Å². The molecule has 0 aliphatic carbocycles. The molecule has 0 spiro atoms. The van der Waals surface area contributed by atoms with E-state index in [1.807, 2.05) is 13.8 Å². The maximum absolute atomic E-state index is 12.7. The van der Waals surface area contributed by atoms with Gasteiger partial charge in [0, 0.05) is 5.56 Å². The Balaban J connectivity index is 2.71. The Morgan fingerprint density at radius 2 is 1.88 bits per heavy atom. The number of aryl methyl sites for hydroxylation is 1. The number of pyridine rings is 1. The van der Waals surface area contributed by atoms with Crippen molar-refractivity contribution in [3.8, 4) is 0 Å². The first-order chi connectivity index (χ1) is 7.82. The van der Waals surface area contributed by atoms with Crippen LogP contribution in [0.2, 0.25) is 0 Å². The van der Waals surface area contributed by atoms with E-state index in [9.17, 15) is 13.2 Å². The van der Waals surface area contributed by atoms with Crippen molar-refractivity contribution in [3.63, 3.8) is 0 Å². The fourth-order valence-electron chi connectivity index (χ4n) is 1.95. The molecule has 0 aromatic carbocycles. The average Bonchev–Trinajstić information content (AvgIpc) is 2.60. The third kappa shape index (κ3) is 1.90. The number of nitrogens with zero attached hydrogens (tertiary/aromatic N) is 2. The van der Waals surface area contributed by atoms with E-state index in [1.54, 1.807) is 6.20 Å². The molecule has 0 aliphatic rings. The lowest BCUT2D eigenvalue weighted by Gasteiger charge is -2.11. The molecule has 0 fully saturated rings. The van der Waals surface area contributed by atoms with Crippen molar-refractivity contribution in [1.29, 1.82) is 0 Å². The summed E-state index contributed by atoms with van der Waals surface area (Å²) in [6.45, 7) is 5.42. The SMILES string of the molecule is Cc1c(C(F)(F)F)ccc2c(C(C)C)cnn12. The van der Waals surface area contributed by atoms with Crippen LogP contribution in [0.3, 0.4) is 0 Å². The Morgan fingerprint density at radius 1 is 1.24 bits per heavy atom. The molecule has 0 atom stereocenters. The molecule has 0 aliphatic heterocycles. The van der Waals surface area contributed by atoms with Gasteiger partial charge in [-0.1, -0.05) is 13.8 Å². The highest BCUT2D eigenvalue weighted by Crippen LogP contribution is 2.33. The van der Waals surface area contributed by atoms with Crippen LogP contribution in [-0.2, 0) is 6.18 Å². The molecule has 0 unspecified atom stereocenters. The third-order valence-corrected chi connectivity index (χ3v) is 2.88. The van der Waals surface area contributed by atoms with E-state index in [-0.39, 0.29) is 11.6 Å². The van der Waals surface area contributed by atoms with E-state index in [0.717, 1.165) is 17.1 Å². The van der Waals surface area contributed by atoms with Crippen molar-refractivity contribution in [2.75, 3.05) is 0 Å². The van der Waals surface area contributed by atoms with Gasteiger partial charge < -0.3 is 0 Å². The zero-order valence-corrected chi connectivity index (χ0v) is 9.84. The molecule has 2 heterocycles. The number of fused-ring (bicyclic) bond motifs is 1. The molecule has 0 amide bonds. The molecule has 0 N–H and O–H groups in total. The molecular formula is C12H13F3N2. The first kappa shape index (κ1) is 12.0. The van der Waals surface area contributed by atoms with Crippen molar-refractivity contribution < 1.29 is 13.2 Å². The van der Waals surface area contributed by atoms with Gasteiger partial charge in [0.15, 0.2) is 0 Å². The minimum absolute atomic E-state index is 0.127. The van der Waals surface area contributed by atoms with Crippen LogP contribution in [0.1, 0.15) is 36.6 Å². The van der Waals surface area contributed by atoms with Gasteiger partial charge >= 0.3 is 6.18 Å². The minimum atomic E-state index is -4.33. The van der Waals surface area contributed by atoms with Crippen LogP contribution in [0.5, 0.6) is 0 Å².